The highest BCUT2D eigenvalue weighted by molar-refractivity contribution is 5.52. The van der Waals surface area contributed by atoms with Crippen LogP contribution in [0.4, 0.5) is 0 Å². The Kier molecular flexibility index (Phi) is 3.18. The van der Waals surface area contributed by atoms with Crippen LogP contribution >= 0.6 is 0 Å². The first-order valence-corrected chi connectivity index (χ1v) is 7.69. The minimum atomic E-state index is -0.796. The second kappa shape index (κ2) is 4.98. The molecule has 0 radical (unpaired) electrons. The summed E-state index contributed by atoms with van der Waals surface area (Å²) in [6, 6.07) is 4.16. The van der Waals surface area contributed by atoms with E-state index in [2.05, 4.69) is 4.90 Å². The fourth-order valence-corrected chi connectivity index (χ4v) is 4.29. The Morgan fingerprint density at radius 2 is 1.86 bits per heavy atom. The van der Waals surface area contributed by atoms with Crippen molar-refractivity contribution in [1.82, 2.24) is 4.90 Å². The number of rotatable bonds is 2. The monoisotopic (exact) mass is 303 g/mol. The quantitative estimate of drug-likeness (QED) is 0.799. The van der Waals surface area contributed by atoms with Crippen molar-refractivity contribution in [3.63, 3.8) is 0 Å². The van der Waals surface area contributed by atoms with E-state index >= 15 is 0 Å². The first kappa shape index (κ1) is 14.1. The molecule has 0 amide bonds. The number of nitrogens with zero attached hydrogens (tertiary/aromatic N) is 1. The van der Waals surface area contributed by atoms with Gasteiger partial charge in [0.05, 0.1) is 26.4 Å². The maximum absolute atomic E-state index is 10.6. The van der Waals surface area contributed by atoms with Crippen LogP contribution in [0.15, 0.2) is 23.8 Å². The fraction of sp³-hybridized carbons (Fsp3) is 0.529. The molecule has 1 saturated heterocycles. The van der Waals surface area contributed by atoms with E-state index in [9.17, 15) is 10.2 Å². The van der Waals surface area contributed by atoms with Crippen molar-refractivity contribution in [3.8, 4) is 11.5 Å². The van der Waals surface area contributed by atoms with Gasteiger partial charge in [0, 0.05) is 25.0 Å². The van der Waals surface area contributed by atoms with Crippen molar-refractivity contribution in [2.45, 2.75) is 37.1 Å². The predicted octanol–water partition coefficient (Wildman–Crippen LogP) is 1.04. The number of aliphatic hydroxyl groups is 2. The fourth-order valence-electron chi connectivity index (χ4n) is 4.29. The summed E-state index contributed by atoms with van der Waals surface area (Å²) in [5, 5.41) is 20.8. The second-order valence-corrected chi connectivity index (χ2v) is 6.32. The number of methoxy groups -OCH3 is 2. The molecule has 0 unspecified atom stereocenters. The van der Waals surface area contributed by atoms with E-state index in [0.717, 1.165) is 30.6 Å². The van der Waals surface area contributed by atoms with Crippen LogP contribution in [0.25, 0.3) is 0 Å². The van der Waals surface area contributed by atoms with Gasteiger partial charge in [-0.15, -0.1) is 0 Å². The van der Waals surface area contributed by atoms with Crippen LogP contribution in [0.3, 0.4) is 0 Å². The van der Waals surface area contributed by atoms with Crippen molar-refractivity contribution in [2.75, 3.05) is 20.8 Å². The summed E-state index contributed by atoms with van der Waals surface area (Å²) in [6.45, 7) is 1.82. The Morgan fingerprint density at radius 3 is 2.59 bits per heavy atom. The molecule has 0 saturated carbocycles. The van der Waals surface area contributed by atoms with Crippen LogP contribution < -0.4 is 9.47 Å². The summed E-state index contributed by atoms with van der Waals surface area (Å²) in [5.41, 5.74) is 3.47. The first-order chi connectivity index (χ1) is 10.6. The molecule has 0 spiro atoms. The molecule has 5 nitrogen and oxygen atoms in total. The van der Waals surface area contributed by atoms with Gasteiger partial charge in [-0.25, -0.2) is 0 Å². The van der Waals surface area contributed by atoms with E-state index in [1.807, 2.05) is 18.2 Å². The standard InChI is InChI=1S/C17H21NO4/c1-21-13-6-10-8-18-4-3-9-5-12(19)17(20)15(16(9)18)11(10)7-14(13)22-2/h5-7,12,15-17,19-20H,3-4,8H2,1-2H3/t12-,15-,16+,17+/m0/s1. The Morgan fingerprint density at radius 1 is 1.14 bits per heavy atom. The molecular weight excluding hydrogens is 282 g/mol. The van der Waals surface area contributed by atoms with Gasteiger partial charge in [0.15, 0.2) is 11.5 Å². The summed E-state index contributed by atoms with van der Waals surface area (Å²) < 4.78 is 10.8. The molecule has 0 bridgehead atoms. The maximum atomic E-state index is 10.6. The molecule has 22 heavy (non-hydrogen) atoms. The third kappa shape index (κ3) is 1.82. The summed E-state index contributed by atoms with van der Waals surface area (Å²) in [4.78, 5) is 2.39. The van der Waals surface area contributed by atoms with E-state index in [1.165, 1.54) is 5.57 Å². The molecule has 2 aliphatic heterocycles. The zero-order valence-electron chi connectivity index (χ0n) is 12.8. The summed E-state index contributed by atoms with van der Waals surface area (Å²) >= 11 is 0. The molecule has 0 aromatic heterocycles. The molecule has 1 aromatic carbocycles. The summed E-state index contributed by atoms with van der Waals surface area (Å²) in [7, 11) is 3.25. The van der Waals surface area contributed by atoms with Gasteiger partial charge in [0.25, 0.3) is 0 Å². The Labute approximate surface area is 129 Å². The largest absolute Gasteiger partial charge is 0.493 e. The van der Waals surface area contributed by atoms with Gasteiger partial charge in [-0.2, -0.15) is 0 Å². The third-order valence-electron chi connectivity index (χ3n) is 5.28. The van der Waals surface area contributed by atoms with Crippen LogP contribution in [-0.4, -0.2) is 54.1 Å². The number of hydrogen-bond donors (Lipinski definition) is 2. The van der Waals surface area contributed by atoms with Gasteiger partial charge in [0.1, 0.15) is 0 Å². The first-order valence-electron chi connectivity index (χ1n) is 7.69. The minimum absolute atomic E-state index is 0.110. The van der Waals surface area contributed by atoms with Gasteiger partial charge in [-0.05, 0) is 29.7 Å². The van der Waals surface area contributed by atoms with Crippen LogP contribution in [0.1, 0.15) is 23.5 Å². The number of aliphatic hydroxyl groups excluding tert-OH is 2. The zero-order chi connectivity index (χ0) is 15.4. The third-order valence-corrected chi connectivity index (χ3v) is 5.28. The molecule has 4 atom stereocenters. The topological polar surface area (TPSA) is 62.2 Å². The average Bonchev–Trinajstić information content (AvgIpc) is 2.92. The Balaban J connectivity index is 1.88. The number of hydrogen-bond acceptors (Lipinski definition) is 5. The second-order valence-electron chi connectivity index (χ2n) is 6.32. The van der Waals surface area contributed by atoms with Gasteiger partial charge in [-0.1, -0.05) is 11.6 Å². The molecular formula is C17H21NO4. The van der Waals surface area contributed by atoms with E-state index in [0.29, 0.717) is 11.5 Å². The van der Waals surface area contributed by atoms with Crippen LogP contribution in [0, 0.1) is 0 Å². The molecule has 118 valence electrons. The number of benzene rings is 1. The SMILES string of the molecule is COc1cc2c(cc1OC)[C@@H]1[C@H](O)[C@@H](O)C=C3CCN(C2)[C@H]31. The molecule has 2 N–H and O–H groups in total. The predicted molar refractivity (Wildman–Crippen MR) is 81.2 cm³/mol. The van der Waals surface area contributed by atoms with Gasteiger partial charge < -0.3 is 19.7 Å². The van der Waals surface area contributed by atoms with Crippen LogP contribution in [0.2, 0.25) is 0 Å². The van der Waals surface area contributed by atoms with Gasteiger partial charge in [0.2, 0.25) is 0 Å². The Bertz CT molecular complexity index is 642. The van der Waals surface area contributed by atoms with Gasteiger partial charge >= 0.3 is 0 Å². The van der Waals surface area contributed by atoms with Crippen molar-refractivity contribution < 1.29 is 19.7 Å². The van der Waals surface area contributed by atoms with E-state index in [1.54, 1.807) is 14.2 Å². The van der Waals surface area contributed by atoms with E-state index in [-0.39, 0.29) is 12.0 Å². The average molecular weight is 303 g/mol. The van der Waals surface area contributed by atoms with Crippen molar-refractivity contribution in [3.05, 3.63) is 34.9 Å². The minimum Gasteiger partial charge on any atom is -0.493 e. The van der Waals surface area contributed by atoms with E-state index < -0.39 is 12.2 Å². The lowest BCUT2D eigenvalue weighted by molar-refractivity contribution is -0.00163. The number of fused-ring (bicyclic) bond motifs is 2. The molecule has 4 rings (SSSR count). The summed E-state index contributed by atoms with van der Waals surface area (Å²) in [6.07, 6.45) is 1.23. The Hall–Kier alpha value is -1.56. The molecule has 3 aliphatic rings. The number of ether oxygens (including phenoxy) is 2. The normalized spacial score (nSPS) is 33.0. The lowest BCUT2D eigenvalue weighted by atomic mass is 9.73. The summed E-state index contributed by atoms with van der Waals surface area (Å²) in [5.74, 6) is 1.27. The highest BCUT2D eigenvalue weighted by Gasteiger charge is 2.48. The molecule has 5 heteroatoms. The van der Waals surface area contributed by atoms with E-state index in [4.69, 9.17) is 9.47 Å². The molecule has 1 fully saturated rings. The lowest BCUT2D eigenvalue weighted by Crippen LogP contribution is -2.49. The zero-order valence-corrected chi connectivity index (χ0v) is 12.8. The molecule has 1 aliphatic carbocycles. The smallest absolute Gasteiger partial charge is 0.161 e. The van der Waals surface area contributed by atoms with Crippen molar-refractivity contribution >= 4 is 0 Å². The molecule has 2 heterocycles. The van der Waals surface area contributed by atoms with Gasteiger partial charge in [-0.3, -0.25) is 4.90 Å². The van der Waals surface area contributed by atoms with Crippen molar-refractivity contribution in [1.29, 1.82) is 0 Å². The highest BCUT2D eigenvalue weighted by Crippen LogP contribution is 2.48. The lowest BCUT2D eigenvalue weighted by Gasteiger charge is -2.44. The maximum Gasteiger partial charge on any atom is 0.161 e. The van der Waals surface area contributed by atoms with Crippen molar-refractivity contribution in [2.24, 2.45) is 0 Å². The highest BCUT2D eigenvalue weighted by atomic mass is 16.5. The molecule has 1 aromatic rings. The van der Waals surface area contributed by atoms with Crippen LogP contribution in [0.5, 0.6) is 11.5 Å². The van der Waals surface area contributed by atoms with Crippen LogP contribution in [-0.2, 0) is 6.54 Å².